The first-order valence-electron chi connectivity index (χ1n) is 5.65. The summed E-state index contributed by atoms with van der Waals surface area (Å²) in [5, 5.41) is 0. The van der Waals surface area contributed by atoms with Crippen molar-refractivity contribution in [1.82, 2.24) is 4.90 Å². The zero-order valence-electron chi connectivity index (χ0n) is 8.93. The molecule has 1 saturated heterocycles. The van der Waals surface area contributed by atoms with Crippen LogP contribution in [-0.4, -0.2) is 23.9 Å². The van der Waals surface area contributed by atoms with Gasteiger partial charge in [0.1, 0.15) is 0 Å². The van der Waals surface area contributed by atoms with Crippen LogP contribution in [0.3, 0.4) is 0 Å². The van der Waals surface area contributed by atoms with Crippen molar-refractivity contribution >= 4 is 6.41 Å². The Morgan fingerprint density at radius 2 is 2.07 bits per heavy atom. The van der Waals surface area contributed by atoms with E-state index < -0.39 is 0 Å². The van der Waals surface area contributed by atoms with Crippen molar-refractivity contribution in [2.24, 2.45) is 0 Å². The normalized spacial score (nSPS) is 21.3. The molecule has 0 N–H and O–H groups in total. The van der Waals surface area contributed by atoms with Crippen molar-refractivity contribution in [2.45, 2.75) is 31.7 Å². The van der Waals surface area contributed by atoms with Crippen LogP contribution in [-0.2, 0) is 11.2 Å². The smallest absolute Gasteiger partial charge is 0.209 e. The third kappa shape index (κ3) is 2.58. The lowest BCUT2D eigenvalue weighted by Gasteiger charge is -2.32. The van der Waals surface area contributed by atoms with E-state index >= 15 is 0 Å². The van der Waals surface area contributed by atoms with Crippen LogP contribution in [0.4, 0.5) is 0 Å². The molecule has 2 heteroatoms. The first-order valence-corrected chi connectivity index (χ1v) is 5.65. The van der Waals surface area contributed by atoms with Crippen molar-refractivity contribution in [3.63, 3.8) is 0 Å². The van der Waals surface area contributed by atoms with Crippen LogP contribution in [0.5, 0.6) is 0 Å². The van der Waals surface area contributed by atoms with E-state index in [1.807, 2.05) is 11.0 Å². The molecule has 0 aromatic heterocycles. The quantitative estimate of drug-likeness (QED) is 0.690. The van der Waals surface area contributed by atoms with Crippen LogP contribution in [0.15, 0.2) is 30.3 Å². The summed E-state index contributed by atoms with van der Waals surface area (Å²) in [6, 6.07) is 10.8. The summed E-state index contributed by atoms with van der Waals surface area (Å²) in [4.78, 5) is 12.8. The van der Waals surface area contributed by atoms with Gasteiger partial charge in [-0.3, -0.25) is 4.79 Å². The molecule has 0 saturated carbocycles. The van der Waals surface area contributed by atoms with E-state index in [2.05, 4.69) is 24.3 Å². The van der Waals surface area contributed by atoms with Gasteiger partial charge < -0.3 is 4.90 Å². The minimum absolute atomic E-state index is 0.415. The Bertz CT molecular complexity index is 310. The second-order valence-corrected chi connectivity index (χ2v) is 4.18. The zero-order valence-corrected chi connectivity index (χ0v) is 8.93. The number of nitrogens with zero attached hydrogens (tertiary/aromatic N) is 1. The van der Waals surface area contributed by atoms with E-state index in [1.54, 1.807) is 0 Å². The summed E-state index contributed by atoms with van der Waals surface area (Å²) in [6.07, 6.45) is 5.56. The SMILES string of the molecule is O=CN1CCCCC1Cc1ccccc1. The van der Waals surface area contributed by atoms with Gasteiger partial charge in [0.05, 0.1) is 0 Å². The lowest BCUT2D eigenvalue weighted by Crippen LogP contribution is -2.39. The van der Waals surface area contributed by atoms with Gasteiger partial charge in [-0.15, -0.1) is 0 Å². The molecule has 1 atom stereocenters. The fraction of sp³-hybridized carbons (Fsp3) is 0.462. The molecule has 1 amide bonds. The summed E-state index contributed by atoms with van der Waals surface area (Å²) in [5.41, 5.74) is 1.33. The Kier molecular flexibility index (Phi) is 3.38. The molecule has 1 aromatic rings. The molecule has 15 heavy (non-hydrogen) atoms. The lowest BCUT2D eigenvalue weighted by molar-refractivity contribution is -0.121. The number of carbonyl (C=O) groups is 1. The number of carbonyl (C=O) groups excluding carboxylic acids is 1. The first-order chi connectivity index (χ1) is 7.40. The van der Waals surface area contributed by atoms with E-state index in [9.17, 15) is 4.79 Å². The summed E-state index contributed by atoms with van der Waals surface area (Å²) in [6.45, 7) is 0.932. The van der Waals surface area contributed by atoms with Crippen LogP contribution >= 0.6 is 0 Å². The molecule has 1 aliphatic heterocycles. The maximum atomic E-state index is 10.9. The van der Waals surface area contributed by atoms with Crippen LogP contribution in [0.2, 0.25) is 0 Å². The van der Waals surface area contributed by atoms with Crippen molar-refractivity contribution in [1.29, 1.82) is 0 Å². The van der Waals surface area contributed by atoms with Crippen LogP contribution in [0, 0.1) is 0 Å². The van der Waals surface area contributed by atoms with Crippen molar-refractivity contribution in [3.05, 3.63) is 35.9 Å². The van der Waals surface area contributed by atoms with Crippen LogP contribution in [0.1, 0.15) is 24.8 Å². The highest BCUT2D eigenvalue weighted by Gasteiger charge is 2.20. The Morgan fingerprint density at radius 1 is 1.27 bits per heavy atom. The second kappa shape index (κ2) is 4.96. The van der Waals surface area contributed by atoms with Gasteiger partial charge in [0.15, 0.2) is 0 Å². The highest BCUT2D eigenvalue weighted by molar-refractivity contribution is 5.48. The average Bonchev–Trinajstić information content (AvgIpc) is 2.31. The predicted octanol–water partition coefficient (Wildman–Crippen LogP) is 2.24. The molecule has 0 spiro atoms. The first kappa shape index (κ1) is 10.2. The van der Waals surface area contributed by atoms with Gasteiger partial charge in [0.2, 0.25) is 6.41 Å². The van der Waals surface area contributed by atoms with E-state index in [1.165, 1.54) is 12.0 Å². The maximum Gasteiger partial charge on any atom is 0.209 e. The van der Waals surface area contributed by atoms with Crippen LogP contribution in [0.25, 0.3) is 0 Å². The van der Waals surface area contributed by atoms with Gasteiger partial charge in [-0.1, -0.05) is 30.3 Å². The number of likely N-dealkylation sites (tertiary alicyclic amines) is 1. The Morgan fingerprint density at radius 3 is 2.80 bits per heavy atom. The molecule has 0 aliphatic carbocycles. The molecular formula is C13H17NO. The number of piperidine rings is 1. The summed E-state index contributed by atoms with van der Waals surface area (Å²) < 4.78 is 0. The Hall–Kier alpha value is -1.31. The largest absolute Gasteiger partial charge is 0.342 e. The van der Waals surface area contributed by atoms with E-state index in [0.29, 0.717) is 6.04 Å². The van der Waals surface area contributed by atoms with Gasteiger partial charge in [0, 0.05) is 12.6 Å². The molecule has 1 aromatic carbocycles. The Balaban J connectivity index is 2.00. The molecule has 1 fully saturated rings. The van der Waals surface area contributed by atoms with Gasteiger partial charge in [0.25, 0.3) is 0 Å². The van der Waals surface area contributed by atoms with Gasteiger partial charge in [-0.2, -0.15) is 0 Å². The summed E-state index contributed by atoms with van der Waals surface area (Å²) in [7, 11) is 0. The summed E-state index contributed by atoms with van der Waals surface area (Å²) >= 11 is 0. The standard InChI is InChI=1S/C13H17NO/c15-11-14-9-5-4-8-13(14)10-12-6-2-1-3-7-12/h1-3,6-7,11,13H,4-5,8-10H2. The summed E-state index contributed by atoms with van der Waals surface area (Å²) in [5.74, 6) is 0. The van der Waals surface area contributed by atoms with Gasteiger partial charge in [-0.25, -0.2) is 0 Å². The number of benzene rings is 1. The zero-order chi connectivity index (χ0) is 10.5. The molecule has 0 radical (unpaired) electrons. The Labute approximate surface area is 90.9 Å². The second-order valence-electron chi connectivity index (χ2n) is 4.18. The molecule has 2 rings (SSSR count). The monoisotopic (exact) mass is 203 g/mol. The van der Waals surface area contributed by atoms with Crippen molar-refractivity contribution < 1.29 is 4.79 Å². The van der Waals surface area contributed by atoms with E-state index in [4.69, 9.17) is 0 Å². The molecule has 2 nitrogen and oxygen atoms in total. The van der Waals surface area contributed by atoms with Crippen molar-refractivity contribution in [2.75, 3.05) is 6.54 Å². The topological polar surface area (TPSA) is 20.3 Å². The van der Waals surface area contributed by atoms with Gasteiger partial charge in [-0.05, 0) is 31.2 Å². The third-order valence-electron chi connectivity index (χ3n) is 3.12. The highest BCUT2D eigenvalue weighted by Crippen LogP contribution is 2.19. The third-order valence-corrected chi connectivity index (χ3v) is 3.12. The fourth-order valence-corrected chi connectivity index (χ4v) is 2.27. The number of rotatable bonds is 3. The number of hydrogen-bond acceptors (Lipinski definition) is 1. The molecule has 0 bridgehead atoms. The predicted molar refractivity (Wildman–Crippen MR) is 60.6 cm³/mol. The minimum atomic E-state index is 0.415. The fourth-order valence-electron chi connectivity index (χ4n) is 2.27. The molecular weight excluding hydrogens is 186 g/mol. The average molecular weight is 203 g/mol. The minimum Gasteiger partial charge on any atom is -0.342 e. The van der Waals surface area contributed by atoms with Crippen LogP contribution < -0.4 is 0 Å². The maximum absolute atomic E-state index is 10.9. The van der Waals surface area contributed by atoms with E-state index in [-0.39, 0.29) is 0 Å². The highest BCUT2D eigenvalue weighted by atomic mass is 16.1. The molecule has 1 unspecified atom stereocenters. The molecule has 80 valence electrons. The number of hydrogen-bond donors (Lipinski definition) is 0. The van der Waals surface area contributed by atoms with Gasteiger partial charge >= 0.3 is 0 Å². The molecule has 1 aliphatic rings. The van der Waals surface area contributed by atoms with E-state index in [0.717, 1.165) is 32.2 Å². The molecule has 1 heterocycles. The lowest BCUT2D eigenvalue weighted by atomic mass is 9.96. The number of amides is 1. The van der Waals surface area contributed by atoms with Crippen molar-refractivity contribution in [3.8, 4) is 0 Å².